The zero-order chi connectivity index (χ0) is 21.9. The summed E-state index contributed by atoms with van der Waals surface area (Å²) in [5, 5.41) is 2.82. The van der Waals surface area contributed by atoms with E-state index in [1.165, 1.54) is 23.5 Å². The number of methoxy groups -OCH3 is 1. The van der Waals surface area contributed by atoms with Crippen LogP contribution in [0.5, 0.6) is 5.75 Å². The number of thioether (sulfide) groups is 1. The van der Waals surface area contributed by atoms with E-state index in [4.69, 9.17) is 4.74 Å². The fraction of sp³-hybridized carbons (Fsp3) is 0.409. The van der Waals surface area contributed by atoms with E-state index in [1.807, 2.05) is 30.5 Å². The molecular weight excluding hydrogens is 420 g/mol. The van der Waals surface area contributed by atoms with Gasteiger partial charge in [-0.15, -0.1) is 11.8 Å². The first-order valence-electron chi connectivity index (χ1n) is 9.88. The summed E-state index contributed by atoms with van der Waals surface area (Å²) in [6, 6.07) is 12.0. The molecule has 0 aromatic heterocycles. The molecule has 0 bridgehead atoms. The summed E-state index contributed by atoms with van der Waals surface area (Å²) in [5.41, 5.74) is 0.915. The van der Waals surface area contributed by atoms with Crippen LogP contribution in [-0.4, -0.2) is 45.1 Å². The van der Waals surface area contributed by atoms with Crippen LogP contribution in [0.1, 0.15) is 30.6 Å². The summed E-state index contributed by atoms with van der Waals surface area (Å²) >= 11 is 1.62. The molecule has 8 heteroatoms. The Hall–Kier alpha value is -2.03. The Bertz CT molecular complexity index is 996. The average molecular weight is 449 g/mol. The topological polar surface area (TPSA) is 75.7 Å². The molecule has 3 rings (SSSR count). The first-order valence-corrected chi connectivity index (χ1v) is 12.5. The molecule has 30 heavy (non-hydrogen) atoms. The maximum absolute atomic E-state index is 13.4. The van der Waals surface area contributed by atoms with Crippen molar-refractivity contribution in [2.75, 3.05) is 31.8 Å². The second kappa shape index (κ2) is 9.41. The number of hydrogen-bond acceptors (Lipinski definition) is 5. The largest absolute Gasteiger partial charge is 0.495 e. The van der Waals surface area contributed by atoms with Gasteiger partial charge >= 0.3 is 0 Å². The Morgan fingerprint density at radius 1 is 1.10 bits per heavy atom. The number of benzene rings is 2. The number of rotatable bonds is 6. The van der Waals surface area contributed by atoms with Crippen LogP contribution in [0.3, 0.4) is 0 Å². The lowest BCUT2D eigenvalue weighted by Crippen LogP contribution is -2.42. The quantitative estimate of drug-likeness (QED) is 0.666. The molecule has 2 aromatic carbocycles. The smallest absolute Gasteiger partial charge is 0.255 e. The third-order valence-corrected chi connectivity index (χ3v) is 7.82. The molecule has 0 spiro atoms. The Labute approximate surface area is 183 Å². The van der Waals surface area contributed by atoms with E-state index in [-0.39, 0.29) is 34.0 Å². The molecule has 0 radical (unpaired) electrons. The monoisotopic (exact) mass is 448 g/mol. The molecule has 1 aliphatic rings. The van der Waals surface area contributed by atoms with E-state index >= 15 is 0 Å². The number of sulfonamides is 1. The van der Waals surface area contributed by atoms with E-state index in [2.05, 4.69) is 19.2 Å². The lowest BCUT2D eigenvalue weighted by Gasteiger charge is -2.34. The lowest BCUT2D eigenvalue weighted by atomic mass is 9.94. The fourth-order valence-corrected chi connectivity index (χ4v) is 6.11. The fourth-order valence-electron chi connectivity index (χ4n) is 3.84. The number of amides is 1. The molecule has 1 aliphatic heterocycles. The number of nitrogens with zero attached hydrogens (tertiary/aromatic N) is 1. The summed E-state index contributed by atoms with van der Waals surface area (Å²) in [4.78, 5) is 13.9. The van der Waals surface area contributed by atoms with Gasteiger partial charge in [0.2, 0.25) is 10.0 Å². The van der Waals surface area contributed by atoms with Crippen LogP contribution in [0.2, 0.25) is 0 Å². The molecule has 1 fully saturated rings. The number of piperidine rings is 1. The first-order chi connectivity index (χ1) is 14.2. The van der Waals surface area contributed by atoms with Gasteiger partial charge in [0, 0.05) is 29.2 Å². The van der Waals surface area contributed by atoms with Gasteiger partial charge in [-0.25, -0.2) is 8.42 Å². The van der Waals surface area contributed by atoms with Crippen molar-refractivity contribution in [3.05, 3.63) is 48.0 Å². The van der Waals surface area contributed by atoms with Crippen molar-refractivity contribution in [3.8, 4) is 5.75 Å². The number of hydrogen-bond donors (Lipinski definition) is 1. The Morgan fingerprint density at radius 2 is 1.73 bits per heavy atom. The molecule has 1 saturated heterocycles. The maximum atomic E-state index is 13.4. The van der Waals surface area contributed by atoms with Crippen molar-refractivity contribution < 1.29 is 17.9 Å². The van der Waals surface area contributed by atoms with Crippen LogP contribution in [0.4, 0.5) is 5.69 Å². The minimum Gasteiger partial charge on any atom is -0.495 e. The molecule has 2 atom stereocenters. The molecule has 0 aliphatic carbocycles. The molecule has 1 heterocycles. The van der Waals surface area contributed by atoms with Crippen molar-refractivity contribution in [1.29, 1.82) is 0 Å². The molecule has 0 saturated carbocycles. The molecule has 6 nitrogen and oxygen atoms in total. The highest BCUT2D eigenvalue weighted by molar-refractivity contribution is 7.98. The van der Waals surface area contributed by atoms with E-state index in [0.29, 0.717) is 18.8 Å². The van der Waals surface area contributed by atoms with Crippen molar-refractivity contribution >= 4 is 33.4 Å². The van der Waals surface area contributed by atoms with Crippen molar-refractivity contribution in [3.63, 3.8) is 0 Å². The second-order valence-electron chi connectivity index (χ2n) is 7.82. The van der Waals surface area contributed by atoms with E-state index < -0.39 is 10.0 Å². The van der Waals surface area contributed by atoms with Gasteiger partial charge in [0.25, 0.3) is 5.91 Å². The molecule has 2 unspecified atom stereocenters. The Balaban J connectivity index is 1.89. The van der Waals surface area contributed by atoms with Gasteiger partial charge in [0.1, 0.15) is 10.6 Å². The minimum absolute atomic E-state index is 0.0247. The van der Waals surface area contributed by atoms with Crippen LogP contribution in [-0.2, 0) is 10.0 Å². The maximum Gasteiger partial charge on any atom is 0.255 e. The predicted molar refractivity (Wildman–Crippen MR) is 121 cm³/mol. The van der Waals surface area contributed by atoms with Crippen LogP contribution in [0, 0.1) is 11.8 Å². The third-order valence-electron chi connectivity index (χ3n) is 5.23. The number of carbonyl (C=O) groups excluding carboxylic acids is 1. The predicted octanol–water partition coefficient (Wildman–Crippen LogP) is 4.34. The average Bonchev–Trinajstić information content (AvgIpc) is 2.73. The molecule has 2 aromatic rings. The molecule has 1 amide bonds. The summed E-state index contributed by atoms with van der Waals surface area (Å²) in [5.74, 6) is 0.434. The summed E-state index contributed by atoms with van der Waals surface area (Å²) in [6.07, 6.45) is 2.98. The van der Waals surface area contributed by atoms with Gasteiger partial charge in [-0.1, -0.05) is 13.8 Å². The summed E-state index contributed by atoms with van der Waals surface area (Å²) < 4.78 is 33.6. The Kier molecular flexibility index (Phi) is 7.10. The molecule has 162 valence electrons. The molecule has 1 N–H and O–H groups in total. The Morgan fingerprint density at radius 3 is 2.30 bits per heavy atom. The number of anilines is 1. The minimum atomic E-state index is -3.78. The van der Waals surface area contributed by atoms with Crippen LogP contribution < -0.4 is 10.1 Å². The van der Waals surface area contributed by atoms with Crippen molar-refractivity contribution in [2.45, 2.75) is 30.1 Å². The normalized spacial score (nSPS) is 20.0. The van der Waals surface area contributed by atoms with Crippen LogP contribution in [0.25, 0.3) is 0 Å². The van der Waals surface area contributed by atoms with Gasteiger partial charge in [-0.3, -0.25) is 4.79 Å². The number of nitrogens with one attached hydrogen (secondary N) is 1. The van der Waals surface area contributed by atoms with E-state index in [1.54, 1.807) is 17.8 Å². The van der Waals surface area contributed by atoms with Gasteiger partial charge in [-0.05, 0) is 67.0 Å². The second-order valence-corrected chi connectivity index (χ2v) is 10.6. The highest BCUT2D eigenvalue weighted by Gasteiger charge is 2.34. The highest BCUT2D eigenvalue weighted by atomic mass is 32.2. The number of carbonyl (C=O) groups is 1. The SMILES string of the molecule is COc1ccc(C(=O)Nc2ccc(SC)cc2)cc1S(=O)(=O)N1CC(C)CC(C)C1. The first kappa shape index (κ1) is 22.7. The zero-order valence-corrected chi connectivity index (χ0v) is 19.3. The summed E-state index contributed by atoms with van der Waals surface area (Å²) in [7, 11) is -2.35. The molecular formula is C22H28N2O4S2. The lowest BCUT2D eigenvalue weighted by molar-refractivity contribution is 0.102. The summed E-state index contributed by atoms with van der Waals surface area (Å²) in [6.45, 7) is 5.05. The van der Waals surface area contributed by atoms with Crippen molar-refractivity contribution in [2.24, 2.45) is 11.8 Å². The van der Waals surface area contributed by atoms with Crippen molar-refractivity contribution in [1.82, 2.24) is 4.31 Å². The highest BCUT2D eigenvalue weighted by Crippen LogP contribution is 2.32. The van der Waals surface area contributed by atoms with Gasteiger partial charge < -0.3 is 10.1 Å². The standard InChI is InChI=1S/C22H28N2O4S2/c1-15-11-16(2)14-24(13-15)30(26,27)21-12-17(5-10-20(21)28-3)22(25)23-18-6-8-19(29-4)9-7-18/h5-10,12,15-16H,11,13-14H2,1-4H3,(H,23,25). The van der Waals surface area contributed by atoms with E-state index in [9.17, 15) is 13.2 Å². The number of ether oxygens (including phenoxy) is 1. The van der Waals surface area contributed by atoms with Gasteiger partial charge in [0.15, 0.2) is 0 Å². The zero-order valence-electron chi connectivity index (χ0n) is 17.7. The van der Waals surface area contributed by atoms with E-state index in [0.717, 1.165) is 11.3 Å². The van der Waals surface area contributed by atoms with Crippen LogP contribution >= 0.6 is 11.8 Å². The van der Waals surface area contributed by atoms with Crippen LogP contribution in [0.15, 0.2) is 52.3 Å². The van der Waals surface area contributed by atoms with Gasteiger partial charge in [0.05, 0.1) is 7.11 Å². The third kappa shape index (κ3) is 4.99. The van der Waals surface area contributed by atoms with Gasteiger partial charge in [-0.2, -0.15) is 4.31 Å².